The van der Waals surface area contributed by atoms with Crippen LogP contribution < -0.4 is 4.90 Å². The van der Waals surface area contributed by atoms with Gasteiger partial charge in [-0.2, -0.15) is 0 Å². The highest BCUT2D eigenvalue weighted by Gasteiger charge is 2.30. The van der Waals surface area contributed by atoms with E-state index in [9.17, 15) is 0 Å². The third kappa shape index (κ3) is 3.47. The van der Waals surface area contributed by atoms with Crippen molar-refractivity contribution in [2.75, 3.05) is 31.6 Å². The smallest absolute Gasteiger partial charge is 0.0468 e. The van der Waals surface area contributed by atoms with E-state index in [1.54, 1.807) is 0 Å². The van der Waals surface area contributed by atoms with Gasteiger partial charge in [-0.3, -0.25) is 0 Å². The van der Waals surface area contributed by atoms with Gasteiger partial charge in [0.25, 0.3) is 0 Å². The van der Waals surface area contributed by atoms with E-state index in [0.717, 1.165) is 42.1 Å². The molecule has 0 bridgehead atoms. The summed E-state index contributed by atoms with van der Waals surface area (Å²) < 4.78 is 0. The lowest BCUT2D eigenvalue weighted by molar-refractivity contribution is 0.295. The van der Waals surface area contributed by atoms with E-state index in [1.165, 1.54) is 35.2 Å². The Morgan fingerprint density at radius 3 is 2.65 bits per heavy atom. The van der Waals surface area contributed by atoms with Crippen molar-refractivity contribution < 1.29 is 0 Å². The third-order valence-corrected chi connectivity index (χ3v) is 6.36. The van der Waals surface area contributed by atoms with E-state index in [-0.39, 0.29) is 0 Å². The Hall–Kier alpha value is -1.22. The molecular weight excluding hydrogens is 363 g/mol. The monoisotopic (exact) mass is 388 g/mol. The van der Waals surface area contributed by atoms with Gasteiger partial charge in [0, 0.05) is 47.8 Å². The van der Waals surface area contributed by atoms with E-state index in [1.807, 2.05) is 6.07 Å². The normalized spacial score (nSPS) is 23.8. The number of hydrogen-bond acceptors (Lipinski definition) is 2. The molecule has 0 spiro atoms. The topological polar surface area (TPSA) is 6.48 Å². The average Bonchev–Trinajstić information content (AvgIpc) is 2.62. The van der Waals surface area contributed by atoms with Crippen molar-refractivity contribution in [3.8, 4) is 0 Å². The molecule has 0 aromatic heterocycles. The Bertz CT molecular complexity index is 805. The summed E-state index contributed by atoms with van der Waals surface area (Å²) in [6, 6.07) is 12.9. The van der Waals surface area contributed by atoms with E-state index in [4.69, 9.17) is 23.2 Å². The number of halogens is 2. The Morgan fingerprint density at radius 2 is 1.85 bits per heavy atom. The Balaban J connectivity index is 1.80. The molecule has 138 valence electrons. The molecule has 2 heterocycles. The van der Waals surface area contributed by atoms with Gasteiger partial charge in [-0.15, -0.1) is 0 Å². The van der Waals surface area contributed by atoms with Crippen LogP contribution in [-0.4, -0.2) is 31.6 Å². The van der Waals surface area contributed by atoms with Crippen LogP contribution in [0.3, 0.4) is 0 Å². The number of para-hydroxylation sites is 1. The van der Waals surface area contributed by atoms with Crippen molar-refractivity contribution in [1.82, 2.24) is 4.90 Å². The molecule has 2 aromatic carbocycles. The number of benzene rings is 2. The zero-order valence-electron chi connectivity index (χ0n) is 15.5. The van der Waals surface area contributed by atoms with Crippen LogP contribution in [0.25, 0.3) is 0 Å². The summed E-state index contributed by atoms with van der Waals surface area (Å²) in [6.45, 7) is 6.52. The zero-order chi connectivity index (χ0) is 18.3. The predicted octanol–water partition coefficient (Wildman–Crippen LogP) is 5.81. The van der Waals surface area contributed by atoms with E-state index >= 15 is 0 Å². The number of fused-ring (bicyclic) bond motifs is 1. The van der Waals surface area contributed by atoms with E-state index < -0.39 is 0 Å². The highest BCUT2D eigenvalue weighted by molar-refractivity contribution is 6.35. The SMILES string of the molecule is C[C@@H]1CCCN(c2ccccc2[C@@H]2CN(C)Cc3c(Cl)cc(Cl)cc32)C1. The average molecular weight is 389 g/mol. The number of piperidine rings is 1. The third-order valence-electron chi connectivity index (χ3n) is 5.80. The minimum absolute atomic E-state index is 0.299. The molecule has 0 aliphatic carbocycles. The van der Waals surface area contributed by atoms with Gasteiger partial charge in [0.15, 0.2) is 0 Å². The van der Waals surface area contributed by atoms with Crippen molar-refractivity contribution in [1.29, 1.82) is 0 Å². The minimum Gasteiger partial charge on any atom is -0.371 e. The quantitative estimate of drug-likeness (QED) is 0.640. The number of nitrogens with zero attached hydrogens (tertiary/aromatic N) is 2. The van der Waals surface area contributed by atoms with Crippen molar-refractivity contribution in [3.05, 3.63) is 63.1 Å². The number of likely N-dealkylation sites (N-methyl/N-ethyl adjacent to an activating group) is 1. The van der Waals surface area contributed by atoms with E-state index in [0.29, 0.717) is 5.92 Å². The van der Waals surface area contributed by atoms with Crippen molar-refractivity contribution in [2.45, 2.75) is 32.2 Å². The first-order valence-corrected chi connectivity index (χ1v) is 10.3. The molecule has 2 atom stereocenters. The molecule has 26 heavy (non-hydrogen) atoms. The summed E-state index contributed by atoms with van der Waals surface area (Å²) >= 11 is 12.9. The van der Waals surface area contributed by atoms with Crippen LogP contribution >= 0.6 is 23.2 Å². The van der Waals surface area contributed by atoms with Gasteiger partial charge in [0.05, 0.1) is 0 Å². The first-order chi connectivity index (χ1) is 12.5. The van der Waals surface area contributed by atoms with Gasteiger partial charge in [-0.05, 0) is 60.7 Å². The first kappa shape index (κ1) is 18.2. The first-order valence-electron chi connectivity index (χ1n) is 9.53. The molecule has 2 nitrogen and oxygen atoms in total. The van der Waals surface area contributed by atoms with Gasteiger partial charge in [0.1, 0.15) is 0 Å². The second-order valence-electron chi connectivity index (χ2n) is 7.96. The molecule has 0 amide bonds. The van der Waals surface area contributed by atoms with Crippen LogP contribution in [0, 0.1) is 5.92 Å². The maximum Gasteiger partial charge on any atom is 0.0468 e. The molecule has 4 heteroatoms. The number of hydrogen-bond donors (Lipinski definition) is 0. The molecule has 2 aliphatic heterocycles. The Labute approximate surface area is 166 Å². The lowest BCUT2D eigenvalue weighted by Gasteiger charge is -2.38. The fourth-order valence-corrected chi connectivity index (χ4v) is 5.16. The van der Waals surface area contributed by atoms with Crippen molar-refractivity contribution in [2.24, 2.45) is 5.92 Å². The lowest BCUT2D eigenvalue weighted by Crippen LogP contribution is -2.36. The number of anilines is 1. The Kier molecular flexibility index (Phi) is 5.18. The summed E-state index contributed by atoms with van der Waals surface area (Å²) in [4.78, 5) is 4.94. The molecule has 4 rings (SSSR count). The second kappa shape index (κ2) is 7.42. The number of rotatable bonds is 2. The van der Waals surface area contributed by atoms with E-state index in [2.05, 4.69) is 54.1 Å². The highest BCUT2D eigenvalue weighted by atomic mass is 35.5. The standard InChI is InChI=1S/C22H26Cl2N2/c1-15-6-5-9-26(12-15)22-8-4-3-7-17(22)19-13-25(2)14-20-18(19)10-16(23)11-21(20)24/h3-4,7-8,10-11,15,19H,5-6,9,12-14H2,1-2H3/t15-,19+/m1/s1. The summed E-state index contributed by atoms with van der Waals surface area (Å²) in [6.07, 6.45) is 2.60. The molecule has 1 saturated heterocycles. The molecule has 0 radical (unpaired) electrons. The molecule has 0 unspecified atom stereocenters. The lowest BCUT2D eigenvalue weighted by atomic mass is 9.83. The van der Waals surface area contributed by atoms with Crippen LogP contribution in [0.15, 0.2) is 36.4 Å². The molecule has 0 saturated carbocycles. The predicted molar refractivity (Wildman–Crippen MR) is 112 cm³/mol. The molecular formula is C22H26Cl2N2. The van der Waals surface area contributed by atoms with Crippen LogP contribution in [0.5, 0.6) is 0 Å². The summed E-state index contributed by atoms with van der Waals surface area (Å²) in [5, 5.41) is 1.51. The molecule has 2 aromatic rings. The fourth-order valence-electron chi connectivity index (χ4n) is 4.59. The largest absolute Gasteiger partial charge is 0.371 e. The van der Waals surface area contributed by atoms with Gasteiger partial charge >= 0.3 is 0 Å². The zero-order valence-corrected chi connectivity index (χ0v) is 17.0. The maximum absolute atomic E-state index is 6.55. The summed E-state index contributed by atoms with van der Waals surface area (Å²) in [5.74, 6) is 1.05. The van der Waals surface area contributed by atoms with Crippen LogP contribution in [-0.2, 0) is 6.54 Å². The van der Waals surface area contributed by atoms with Crippen molar-refractivity contribution >= 4 is 28.9 Å². The summed E-state index contributed by atoms with van der Waals surface area (Å²) in [7, 11) is 2.17. The highest BCUT2D eigenvalue weighted by Crippen LogP contribution is 2.41. The second-order valence-corrected chi connectivity index (χ2v) is 8.80. The molecule has 0 N–H and O–H groups in total. The molecule has 1 fully saturated rings. The Morgan fingerprint density at radius 1 is 1.04 bits per heavy atom. The van der Waals surface area contributed by atoms with Crippen LogP contribution in [0.4, 0.5) is 5.69 Å². The van der Waals surface area contributed by atoms with Gasteiger partial charge in [-0.1, -0.05) is 48.3 Å². The molecule has 2 aliphatic rings. The van der Waals surface area contributed by atoms with Gasteiger partial charge in [0.2, 0.25) is 0 Å². The van der Waals surface area contributed by atoms with Crippen LogP contribution in [0.1, 0.15) is 42.4 Å². The van der Waals surface area contributed by atoms with Crippen LogP contribution in [0.2, 0.25) is 10.0 Å². The fraction of sp³-hybridized carbons (Fsp3) is 0.455. The van der Waals surface area contributed by atoms with Gasteiger partial charge < -0.3 is 9.80 Å². The minimum atomic E-state index is 0.299. The summed E-state index contributed by atoms with van der Waals surface area (Å²) in [5.41, 5.74) is 5.28. The van der Waals surface area contributed by atoms with Crippen molar-refractivity contribution in [3.63, 3.8) is 0 Å². The van der Waals surface area contributed by atoms with Gasteiger partial charge in [-0.25, -0.2) is 0 Å². The maximum atomic E-state index is 6.55.